The van der Waals surface area contributed by atoms with E-state index in [-0.39, 0.29) is 24.0 Å². The summed E-state index contributed by atoms with van der Waals surface area (Å²) in [5.41, 5.74) is 0.938. The number of hydrogen-bond donors (Lipinski definition) is 2. The van der Waals surface area contributed by atoms with Gasteiger partial charge in [0, 0.05) is 45.2 Å². The molecule has 6 nitrogen and oxygen atoms in total. The topological polar surface area (TPSA) is 68.0 Å². The van der Waals surface area contributed by atoms with Gasteiger partial charge in [0.1, 0.15) is 11.3 Å². The maximum atomic E-state index is 5.82. The molecule has 1 aliphatic rings. The summed E-state index contributed by atoms with van der Waals surface area (Å²) in [6, 6.07) is 10.2. The Morgan fingerprint density at radius 1 is 1.26 bits per heavy atom. The molecule has 150 valence electrons. The minimum absolute atomic E-state index is 0. The zero-order valence-corrected chi connectivity index (χ0v) is 18.2. The highest BCUT2D eigenvalue weighted by molar-refractivity contribution is 14.0. The fourth-order valence-corrected chi connectivity index (χ4v) is 3.06. The van der Waals surface area contributed by atoms with Gasteiger partial charge in [0.15, 0.2) is 5.96 Å². The molecule has 0 spiro atoms. The summed E-state index contributed by atoms with van der Waals surface area (Å²) in [5.74, 6) is 1.79. The van der Waals surface area contributed by atoms with E-state index >= 15 is 0 Å². The van der Waals surface area contributed by atoms with Crippen molar-refractivity contribution < 1.29 is 13.9 Å². The van der Waals surface area contributed by atoms with Crippen molar-refractivity contribution >= 4 is 40.9 Å². The second-order valence-electron chi connectivity index (χ2n) is 6.49. The molecule has 1 fully saturated rings. The first-order valence-corrected chi connectivity index (χ1v) is 9.46. The number of ether oxygens (including phenoxy) is 2. The summed E-state index contributed by atoms with van der Waals surface area (Å²) < 4.78 is 17.0. The second kappa shape index (κ2) is 12.2. The monoisotopic (exact) mass is 487 g/mol. The average molecular weight is 487 g/mol. The quantitative estimate of drug-likeness (QED) is 0.246. The molecule has 0 saturated carbocycles. The highest BCUT2D eigenvalue weighted by Gasteiger charge is 2.14. The fraction of sp³-hybridized carbons (Fsp3) is 0.550. The molecule has 1 aromatic heterocycles. The lowest BCUT2D eigenvalue weighted by molar-refractivity contribution is 0.0168. The lowest BCUT2D eigenvalue weighted by Gasteiger charge is -2.12. The number of para-hydroxylation sites is 1. The number of guanidine groups is 1. The number of nitrogens with zero attached hydrogens (tertiary/aromatic N) is 1. The summed E-state index contributed by atoms with van der Waals surface area (Å²) in [5, 5.41) is 7.77. The van der Waals surface area contributed by atoms with Crippen LogP contribution in [0.25, 0.3) is 11.0 Å². The van der Waals surface area contributed by atoms with Crippen molar-refractivity contribution in [2.24, 2.45) is 4.99 Å². The van der Waals surface area contributed by atoms with Crippen LogP contribution in [0.3, 0.4) is 0 Å². The number of fused-ring (bicyclic) bond motifs is 1. The molecule has 0 aliphatic carbocycles. The van der Waals surface area contributed by atoms with Crippen molar-refractivity contribution in [2.45, 2.75) is 31.8 Å². The van der Waals surface area contributed by atoms with Gasteiger partial charge in [-0.2, -0.15) is 0 Å². The van der Waals surface area contributed by atoms with Gasteiger partial charge in [-0.1, -0.05) is 18.2 Å². The van der Waals surface area contributed by atoms with Gasteiger partial charge in [0.2, 0.25) is 0 Å². The third-order valence-electron chi connectivity index (χ3n) is 4.45. The molecular weight excluding hydrogens is 457 g/mol. The van der Waals surface area contributed by atoms with Gasteiger partial charge in [-0.05, 0) is 31.4 Å². The van der Waals surface area contributed by atoms with Crippen molar-refractivity contribution in [3.8, 4) is 0 Å². The van der Waals surface area contributed by atoms with E-state index in [0.717, 1.165) is 74.7 Å². The van der Waals surface area contributed by atoms with E-state index in [1.54, 1.807) is 7.05 Å². The number of rotatable bonds is 9. The van der Waals surface area contributed by atoms with Crippen molar-refractivity contribution in [1.29, 1.82) is 0 Å². The minimum atomic E-state index is 0. The molecule has 1 aliphatic heterocycles. The van der Waals surface area contributed by atoms with Crippen LogP contribution in [0.1, 0.15) is 25.0 Å². The number of benzene rings is 1. The molecule has 1 saturated heterocycles. The van der Waals surface area contributed by atoms with Crippen LogP contribution < -0.4 is 10.6 Å². The van der Waals surface area contributed by atoms with Gasteiger partial charge in [-0.15, -0.1) is 24.0 Å². The van der Waals surface area contributed by atoms with Crippen LogP contribution in [0.5, 0.6) is 0 Å². The first-order valence-electron chi connectivity index (χ1n) is 9.46. The minimum Gasteiger partial charge on any atom is -0.461 e. The molecule has 2 heterocycles. The van der Waals surface area contributed by atoms with Crippen molar-refractivity contribution in [1.82, 2.24) is 10.6 Å². The number of aliphatic imine (C=N–C) groups is 1. The largest absolute Gasteiger partial charge is 0.461 e. The predicted molar refractivity (Wildman–Crippen MR) is 119 cm³/mol. The molecule has 1 atom stereocenters. The molecule has 1 unspecified atom stereocenters. The average Bonchev–Trinajstić information content (AvgIpc) is 3.32. The molecule has 0 amide bonds. The lowest BCUT2D eigenvalue weighted by Crippen LogP contribution is -2.39. The summed E-state index contributed by atoms with van der Waals surface area (Å²) in [7, 11) is 1.78. The normalized spacial score (nSPS) is 17.1. The maximum Gasteiger partial charge on any atom is 0.190 e. The van der Waals surface area contributed by atoms with Gasteiger partial charge in [0.05, 0.1) is 12.7 Å². The number of hydrogen-bond acceptors (Lipinski definition) is 4. The summed E-state index contributed by atoms with van der Waals surface area (Å²) in [6.07, 6.45) is 4.35. The van der Waals surface area contributed by atoms with Crippen molar-refractivity contribution in [2.75, 3.05) is 40.0 Å². The van der Waals surface area contributed by atoms with Crippen LogP contribution in [-0.2, 0) is 15.9 Å². The van der Waals surface area contributed by atoms with Crippen molar-refractivity contribution in [3.63, 3.8) is 0 Å². The van der Waals surface area contributed by atoms with Crippen LogP contribution >= 0.6 is 24.0 Å². The Hall–Kier alpha value is -1.32. The first kappa shape index (κ1) is 22.0. The van der Waals surface area contributed by atoms with E-state index < -0.39 is 0 Å². The summed E-state index contributed by atoms with van der Waals surface area (Å²) >= 11 is 0. The Labute approximate surface area is 178 Å². The van der Waals surface area contributed by atoms with Gasteiger partial charge in [-0.25, -0.2) is 0 Å². The number of furan rings is 1. The molecule has 2 N–H and O–H groups in total. The molecular formula is C20H30IN3O3. The van der Waals surface area contributed by atoms with Gasteiger partial charge in [0.25, 0.3) is 0 Å². The van der Waals surface area contributed by atoms with Crippen LogP contribution in [0.15, 0.2) is 39.7 Å². The Kier molecular flexibility index (Phi) is 9.93. The molecule has 7 heteroatoms. The SMILES string of the molecule is CN=C(NCCCOCC1CCCO1)NCCc1cc2ccccc2o1.I. The van der Waals surface area contributed by atoms with Gasteiger partial charge < -0.3 is 24.5 Å². The van der Waals surface area contributed by atoms with Crippen LogP contribution in [0.4, 0.5) is 0 Å². The molecule has 0 bridgehead atoms. The van der Waals surface area contributed by atoms with Crippen LogP contribution in [0, 0.1) is 0 Å². The van der Waals surface area contributed by atoms with Gasteiger partial charge >= 0.3 is 0 Å². The molecule has 27 heavy (non-hydrogen) atoms. The Balaban J connectivity index is 0.00000261. The highest BCUT2D eigenvalue weighted by atomic mass is 127. The van der Waals surface area contributed by atoms with Crippen molar-refractivity contribution in [3.05, 3.63) is 36.1 Å². The first-order chi connectivity index (χ1) is 12.8. The maximum absolute atomic E-state index is 5.82. The smallest absolute Gasteiger partial charge is 0.190 e. The summed E-state index contributed by atoms with van der Waals surface area (Å²) in [6.45, 7) is 3.93. The van der Waals surface area contributed by atoms with E-state index in [1.807, 2.05) is 18.2 Å². The predicted octanol–water partition coefficient (Wildman–Crippen LogP) is 3.34. The Morgan fingerprint density at radius 3 is 2.89 bits per heavy atom. The van der Waals surface area contributed by atoms with E-state index in [1.165, 1.54) is 0 Å². The Bertz CT molecular complexity index is 666. The molecule has 1 aromatic carbocycles. The zero-order chi connectivity index (χ0) is 18.0. The number of nitrogens with one attached hydrogen (secondary N) is 2. The van der Waals surface area contributed by atoms with E-state index in [9.17, 15) is 0 Å². The number of halogens is 1. The lowest BCUT2D eigenvalue weighted by atomic mass is 10.2. The van der Waals surface area contributed by atoms with Gasteiger partial charge in [-0.3, -0.25) is 4.99 Å². The third kappa shape index (κ3) is 7.31. The van der Waals surface area contributed by atoms with E-state index in [4.69, 9.17) is 13.9 Å². The highest BCUT2D eigenvalue weighted by Crippen LogP contribution is 2.18. The fourth-order valence-electron chi connectivity index (χ4n) is 3.06. The summed E-state index contributed by atoms with van der Waals surface area (Å²) in [4.78, 5) is 4.25. The third-order valence-corrected chi connectivity index (χ3v) is 4.45. The van der Waals surface area contributed by atoms with Crippen LogP contribution in [-0.4, -0.2) is 52.0 Å². The standard InChI is InChI=1S/C20H29N3O3.HI/c1-21-20(22-10-5-12-24-15-18-7-4-13-25-18)23-11-9-17-14-16-6-2-3-8-19(16)26-17;/h2-3,6,8,14,18H,4-5,7,9-13,15H2,1H3,(H2,21,22,23);1H. The molecule has 2 aromatic rings. The second-order valence-corrected chi connectivity index (χ2v) is 6.49. The molecule has 0 radical (unpaired) electrons. The zero-order valence-electron chi connectivity index (χ0n) is 15.9. The van der Waals surface area contributed by atoms with E-state index in [2.05, 4.69) is 27.8 Å². The Morgan fingerprint density at radius 2 is 2.11 bits per heavy atom. The van der Waals surface area contributed by atoms with Crippen LogP contribution in [0.2, 0.25) is 0 Å². The van der Waals surface area contributed by atoms with E-state index in [0.29, 0.717) is 12.7 Å². The molecule has 3 rings (SSSR count).